The van der Waals surface area contributed by atoms with Crippen LogP contribution >= 0.6 is 0 Å². The number of ether oxygens (including phenoxy) is 1. The van der Waals surface area contributed by atoms with Crippen LogP contribution in [-0.2, 0) is 6.42 Å². The zero-order valence-corrected chi connectivity index (χ0v) is 14.0. The smallest absolute Gasteiger partial charge is 0.122 e. The third kappa shape index (κ3) is 5.54. The van der Waals surface area contributed by atoms with E-state index in [1.807, 2.05) is 0 Å². The molecule has 0 amide bonds. The van der Waals surface area contributed by atoms with Gasteiger partial charge < -0.3 is 10.1 Å². The first-order valence-electron chi connectivity index (χ1n) is 7.75. The molecular weight excluding hydrogens is 246 g/mol. The van der Waals surface area contributed by atoms with E-state index in [1.165, 1.54) is 24.0 Å². The van der Waals surface area contributed by atoms with Crippen molar-refractivity contribution in [2.45, 2.75) is 59.9 Å². The third-order valence-corrected chi connectivity index (χ3v) is 3.71. The summed E-state index contributed by atoms with van der Waals surface area (Å²) >= 11 is 0. The average molecular weight is 277 g/mol. The van der Waals surface area contributed by atoms with Crippen molar-refractivity contribution in [3.05, 3.63) is 29.3 Å². The van der Waals surface area contributed by atoms with Gasteiger partial charge in [-0.2, -0.15) is 0 Å². The highest BCUT2D eigenvalue weighted by Gasteiger charge is 2.23. The second-order valence-corrected chi connectivity index (χ2v) is 6.72. The molecule has 0 saturated carbocycles. The minimum Gasteiger partial charge on any atom is -0.496 e. The van der Waals surface area contributed by atoms with Gasteiger partial charge in [-0.05, 0) is 56.7 Å². The molecule has 0 bridgehead atoms. The molecule has 0 aliphatic heterocycles. The van der Waals surface area contributed by atoms with E-state index in [1.54, 1.807) is 7.11 Å². The fourth-order valence-electron chi connectivity index (χ4n) is 2.93. The second kappa shape index (κ2) is 7.68. The molecule has 1 aromatic rings. The summed E-state index contributed by atoms with van der Waals surface area (Å²) in [7, 11) is 1.76. The normalized spacial score (nSPS) is 13.3. The molecule has 1 N–H and O–H groups in total. The molecule has 0 spiro atoms. The first-order valence-corrected chi connectivity index (χ1v) is 7.75. The Morgan fingerprint density at radius 3 is 2.60 bits per heavy atom. The monoisotopic (exact) mass is 277 g/mol. The molecule has 0 aromatic heterocycles. The zero-order chi connectivity index (χ0) is 15.2. The lowest BCUT2D eigenvalue weighted by Crippen LogP contribution is -2.32. The Kier molecular flexibility index (Phi) is 6.54. The van der Waals surface area contributed by atoms with Crippen molar-refractivity contribution >= 4 is 0 Å². The molecule has 1 rings (SSSR count). The topological polar surface area (TPSA) is 21.3 Å². The van der Waals surface area contributed by atoms with E-state index < -0.39 is 0 Å². The number of benzene rings is 1. The van der Waals surface area contributed by atoms with Gasteiger partial charge in [0.25, 0.3) is 0 Å². The number of rotatable bonds is 8. The van der Waals surface area contributed by atoms with Crippen LogP contribution in [0.1, 0.15) is 51.7 Å². The molecule has 1 atom stereocenters. The minimum atomic E-state index is 0.265. The predicted octanol–water partition coefficient (Wildman–Crippen LogP) is 4.35. The molecule has 0 heterocycles. The predicted molar refractivity (Wildman–Crippen MR) is 87.6 cm³/mol. The standard InChI is InChI=1S/C18H31NO/c1-7-10-19-15(3)12-18(4,5)13-16-11-14(2)8-9-17(16)20-6/h8-9,11,15,19H,7,10,12-13H2,1-6H3. The van der Waals surface area contributed by atoms with Crippen LogP contribution in [0.5, 0.6) is 5.75 Å². The Morgan fingerprint density at radius 1 is 1.30 bits per heavy atom. The van der Waals surface area contributed by atoms with Crippen LogP contribution in [0, 0.1) is 12.3 Å². The van der Waals surface area contributed by atoms with Gasteiger partial charge in [0.2, 0.25) is 0 Å². The molecule has 2 nitrogen and oxygen atoms in total. The minimum absolute atomic E-state index is 0.265. The Hall–Kier alpha value is -1.02. The number of hydrogen-bond acceptors (Lipinski definition) is 2. The van der Waals surface area contributed by atoms with Gasteiger partial charge in [-0.15, -0.1) is 0 Å². The van der Waals surface area contributed by atoms with Crippen LogP contribution in [0.15, 0.2) is 18.2 Å². The Bertz CT molecular complexity index is 412. The lowest BCUT2D eigenvalue weighted by molar-refractivity contribution is 0.282. The van der Waals surface area contributed by atoms with Crippen molar-refractivity contribution in [2.75, 3.05) is 13.7 Å². The van der Waals surface area contributed by atoms with E-state index in [0.717, 1.165) is 18.7 Å². The SMILES string of the molecule is CCCNC(C)CC(C)(C)Cc1cc(C)ccc1OC. The van der Waals surface area contributed by atoms with Gasteiger partial charge in [-0.3, -0.25) is 0 Å². The molecule has 0 radical (unpaired) electrons. The Balaban J connectivity index is 2.72. The van der Waals surface area contributed by atoms with Crippen molar-refractivity contribution < 1.29 is 4.74 Å². The second-order valence-electron chi connectivity index (χ2n) is 6.72. The van der Waals surface area contributed by atoms with Crippen molar-refractivity contribution in [3.63, 3.8) is 0 Å². The Morgan fingerprint density at radius 2 is 2.00 bits per heavy atom. The fourth-order valence-corrected chi connectivity index (χ4v) is 2.93. The van der Waals surface area contributed by atoms with Gasteiger partial charge in [0.05, 0.1) is 7.11 Å². The lowest BCUT2D eigenvalue weighted by atomic mass is 9.80. The quantitative estimate of drug-likeness (QED) is 0.762. The highest BCUT2D eigenvalue weighted by molar-refractivity contribution is 5.37. The van der Waals surface area contributed by atoms with Gasteiger partial charge in [-0.25, -0.2) is 0 Å². The maximum atomic E-state index is 5.50. The van der Waals surface area contributed by atoms with Crippen LogP contribution in [0.25, 0.3) is 0 Å². The van der Waals surface area contributed by atoms with Crippen molar-refractivity contribution in [2.24, 2.45) is 5.41 Å². The van der Waals surface area contributed by atoms with E-state index in [9.17, 15) is 0 Å². The summed E-state index contributed by atoms with van der Waals surface area (Å²) in [5, 5.41) is 3.58. The molecule has 20 heavy (non-hydrogen) atoms. The van der Waals surface area contributed by atoms with Crippen molar-refractivity contribution in [3.8, 4) is 5.75 Å². The van der Waals surface area contributed by atoms with E-state index in [0.29, 0.717) is 6.04 Å². The molecular formula is C18H31NO. The molecule has 0 aliphatic carbocycles. The maximum absolute atomic E-state index is 5.50. The molecule has 0 aliphatic rings. The summed E-state index contributed by atoms with van der Waals surface area (Å²) in [5.41, 5.74) is 2.88. The first-order chi connectivity index (χ1) is 9.38. The summed E-state index contributed by atoms with van der Waals surface area (Å²) in [6.07, 6.45) is 3.41. The van der Waals surface area contributed by atoms with Crippen molar-refractivity contribution in [1.29, 1.82) is 0 Å². The van der Waals surface area contributed by atoms with Gasteiger partial charge in [0.1, 0.15) is 5.75 Å². The fraction of sp³-hybridized carbons (Fsp3) is 0.667. The lowest BCUT2D eigenvalue weighted by Gasteiger charge is -2.29. The van der Waals surface area contributed by atoms with Gasteiger partial charge in [0.15, 0.2) is 0 Å². The molecule has 114 valence electrons. The number of methoxy groups -OCH3 is 1. The van der Waals surface area contributed by atoms with Crippen LogP contribution < -0.4 is 10.1 Å². The number of aryl methyl sites for hydroxylation is 1. The molecule has 1 aromatic carbocycles. The summed E-state index contributed by atoms with van der Waals surface area (Å²) in [5.74, 6) is 1.01. The summed E-state index contributed by atoms with van der Waals surface area (Å²) in [6.45, 7) is 12.4. The Labute approximate surface area is 124 Å². The summed E-state index contributed by atoms with van der Waals surface area (Å²) in [4.78, 5) is 0. The van der Waals surface area contributed by atoms with Crippen LogP contribution in [0.3, 0.4) is 0 Å². The number of nitrogens with one attached hydrogen (secondary N) is 1. The van der Waals surface area contributed by atoms with Gasteiger partial charge in [0, 0.05) is 6.04 Å². The zero-order valence-electron chi connectivity index (χ0n) is 14.0. The van der Waals surface area contributed by atoms with Crippen LogP contribution in [0.2, 0.25) is 0 Å². The highest BCUT2D eigenvalue weighted by Crippen LogP contribution is 2.32. The van der Waals surface area contributed by atoms with E-state index in [2.05, 4.69) is 58.1 Å². The third-order valence-electron chi connectivity index (χ3n) is 3.71. The van der Waals surface area contributed by atoms with Crippen LogP contribution in [-0.4, -0.2) is 19.7 Å². The van der Waals surface area contributed by atoms with E-state index >= 15 is 0 Å². The van der Waals surface area contributed by atoms with Gasteiger partial charge >= 0.3 is 0 Å². The number of hydrogen-bond donors (Lipinski definition) is 1. The average Bonchev–Trinajstić information content (AvgIpc) is 2.35. The van der Waals surface area contributed by atoms with E-state index in [4.69, 9.17) is 4.74 Å². The molecule has 0 fully saturated rings. The molecule has 1 unspecified atom stereocenters. The highest BCUT2D eigenvalue weighted by atomic mass is 16.5. The maximum Gasteiger partial charge on any atom is 0.122 e. The molecule has 0 saturated heterocycles. The first kappa shape index (κ1) is 17.0. The summed E-state index contributed by atoms with van der Waals surface area (Å²) < 4.78 is 5.50. The summed E-state index contributed by atoms with van der Waals surface area (Å²) in [6, 6.07) is 7.01. The van der Waals surface area contributed by atoms with Crippen LogP contribution in [0.4, 0.5) is 0 Å². The largest absolute Gasteiger partial charge is 0.496 e. The van der Waals surface area contributed by atoms with Gasteiger partial charge in [-0.1, -0.05) is 38.5 Å². The molecule has 2 heteroatoms. The van der Waals surface area contributed by atoms with Crippen molar-refractivity contribution in [1.82, 2.24) is 5.32 Å². The van der Waals surface area contributed by atoms with E-state index in [-0.39, 0.29) is 5.41 Å².